The number of likely N-dealkylation sites (tertiary alicyclic amines) is 1. The van der Waals surface area contributed by atoms with Crippen molar-refractivity contribution in [1.82, 2.24) is 10.2 Å². The summed E-state index contributed by atoms with van der Waals surface area (Å²) >= 11 is 0. The molecule has 7 heteroatoms. The molecule has 2 fully saturated rings. The fraction of sp³-hybridized carbons (Fsp3) is 0.318. The molecule has 0 aliphatic carbocycles. The molecule has 6 nitrogen and oxygen atoms in total. The average Bonchev–Trinajstić information content (AvgIpc) is 3.23. The van der Waals surface area contributed by atoms with E-state index in [1.54, 1.807) is 55.5 Å². The molecule has 2 saturated heterocycles. The highest BCUT2D eigenvalue weighted by molar-refractivity contribution is 6.09. The first-order valence-electron chi connectivity index (χ1n) is 9.48. The quantitative estimate of drug-likeness (QED) is 0.633. The van der Waals surface area contributed by atoms with Gasteiger partial charge in [-0.05, 0) is 18.6 Å². The molecule has 2 aliphatic rings. The summed E-state index contributed by atoms with van der Waals surface area (Å²) in [6, 6.07) is 13.9. The van der Waals surface area contributed by atoms with Crippen molar-refractivity contribution in [3.05, 3.63) is 71.5 Å². The number of ether oxygens (including phenoxy) is 1. The van der Waals surface area contributed by atoms with Gasteiger partial charge in [0.25, 0.3) is 0 Å². The maximum Gasteiger partial charge on any atom is 0.331 e. The van der Waals surface area contributed by atoms with Crippen LogP contribution in [0.3, 0.4) is 0 Å². The second kappa shape index (κ2) is 7.08. The maximum atomic E-state index is 14.7. The molecule has 0 unspecified atom stereocenters. The Kier molecular flexibility index (Phi) is 4.70. The van der Waals surface area contributed by atoms with Crippen LogP contribution in [0.2, 0.25) is 0 Å². The van der Waals surface area contributed by atoms with Gasteiger partial charge in [-0.25, -0.2) is 9.18 Å². The van der Waals surface area contributed by atoms with Gasteiger partial charge in [-0.2, -0.15) is 0 Å². The van der Waals surface area contributed by atoms with Gasteiger partial charge < -0.3 is 4.74 Å². The minimum Gasteiger partial charge on any atom is -0.467 e. The van der Waals surface area contributed by atoms with Crippen molar-refractivity contribution in [2.24, 2.45) is 11.8 Å². The SMILES string of the molecule is CCN1C(=O)[C@@H]2[C@@H](C1=O)[C@@](C(=O)OC)(c1ccccc1)N[C@H]2c1ccccc1F. The second-order valence-corrected chi connectivity index (χ2v) is 7.23. The van der Waals surface area contributed by atoms with E-state index in [2.05, 4.69) is 5.32 Å². The Morgan fingerprint density at radius 2 is 1.76 bits per heavy atom. The van der Waals surface area contributed by atoms with Crippen molar-refractivity contribution < 1.29 is 23.5 Å². The van der Waals surface area contributed by atoms with E-state index in [0.29, 0.717) is 5.56 Å². The molecule has 0 saturated carbocycles. The Hall–Kier alpha value is -3.06. The number of carbonyl (C=O) groups excluding carboxylic acids is 3. The summed E-state index contributed by atoms with van der Waals surface area (Å²) in [5.41, 5.74) is -0.854. The number of halogens is 1. The second-order valence-electron chi connectivity index (χ2n) is 7.23. The molecule has 2 aromatic rings. The minimum absolute atomic E-state index is 0.181. The normalized spacial score (nSPS) is 28.5. The number of rotatable bonds is 4. The zero-order valence-electron chi connectivity index (χ0n) is 16.1. The molecule has 150 valence electrons. The largest absolute Gasteiger partial charge is 0.467 e. The van der Waals surface area contributed by atoms with Crippen molar-refractivity contribution in [2.75, 3.05) is 13.7 Å². The van der Waals surface area contributed by atoms with Crippen LogP contribution in [0.25, 0.3) is 0 Å². The number of benzene rings is 2. The van der Waals surface area contributed by atoms with E-state index in [-0.39, 0.29) is 12.1 Å². The highest BCUT2D eigenvalue weighted by Crippen LogP contribution is 2.53. The number of esters is 1. The van der Waals surface area contributed by atoms with Crippen molar-refractivity contribution in [2.45, 2.75) is 18.5 Å². The number of imide groups is 1. The average molecular weight is 396 g/mol. The summed E-state index contributed by atoms with van der Waals surface area (Å²) in [6.07, 6.45) is 0. The lowest BCUT2D eigenvalue weighted by Crippen LogP contribution is -2.53. The van der Waals surface area contributed by atoms with E-state index in [4.69, 9.17) is 4.74 Å². The van der Waals surface area contributed by atoms with Gasteiger partial charge in [0.2, 0.25) is 11.8 Å². The van der Waals surface area contributed by atoms with Crippen LogP contribution in [0.15, 0.2) is 54.6 Å². The molecular weight excluding hydrogens is 375 g/mol. The summed E-state index contributed by atoms with van der Waals surface area (Å²) < 4.78 is 19.8. The van der Waals surface area contributed by atoms with Gasteiger partial charge in [0.1, 0.15) is 5.82 Å². The highest BCUT2D eigenvalue weighted by atomic mass is 19.1. The lowest BCUT2D eigenvalue weighted by molar-refractivity contribution is -0.154. The number of fused-ring (bicyclic) bond motifs is 1. The van der Waals surface area contributed by atoms with Crippen LogP contribution in [-0.2, 0) is 24.7 Å². The smallest absolute Gasteiger partial charge is 0.331 e. The summed E-state index contributed by atoms with van der Waals surface area (Å²) in [5, 5.41) is 3.15. The number of carbonyl (C=O) groups is 3. The van der Waals surface area contributed by atoms with E-state index >= 15 is 0 Å². The Bertz CT molecular complexity index is 980. The summed E-state index contributed by atoms with van der Waals surface area (Å²) in [5.74, 6) is -4.01. The molecule has 0 spiro atoms. The lowest BCUT2D eigenvalue weighted by atomic mass is 9.75. The predicted octanol–water partition coefficient (Wildman–Crippen LogP) is 2.16. The molecule has 0 radical (unpaired) electrons. The van der Waals surface area contributed by atoms with Crippen molar-refractivity contribution >= 4 is 17.8 Å². The van der Waals surface area contributed by atoms with Crippen molar-refractivity contribution in [3.63, 3.8) is 0 Å². The molecule has 4 atom stereocenters. The molecule has 2 heterocycles. The Labute approximate surface area is 167 Å². The Morgan fingerprint density at radius 1 is 1.10 bits per heavy atom. The third-order valence-corrected chi connectivity index (χ3v) is 5.94. The molecule has 1 N–H and O–H groups in total. The van der Waals surface area contributed by atoms with Crippen LogP contribution in [0.1, 0.15) is 24.1 Å². The van der Waals surface area contributed by atoms with Crippen LogP contribution in [0.5, 0.6) is 0 Å². The van der Waals surface area contributed by atoms with Gasteiger partial charge in [-0.1, -0.05) is 48.5 Å². The highest BCUT2D eigenvalue weighted by Gasteiger charge is 2.69. The van der Waals surface area contributed by atoms with Crippen molar-refractivity contribution in [3.8, 4) is 0 Å². The first-order chi connectivity index (χ1) is 14.0. The van der Waals surface area contributed by atoms with Gasteiger partial charge in [0.15, 0.2) is 5.54 Å². The van der Waals surface area contributed by atoms with Crippen LogP contribution < -0.4 is 5.32 Å². The van der Waals surface area contributed by atoms with E-state index in [0.717, 1.165) is 4.90 Å². The first kappa shape index (κ1) is 19.3. The number of nitrogens with zero attached hydrogens (tertiary/aromatic N) is 1. The van der Waals surface area contributed by atoms with E-state index in [1.165, 1.54) is 13.2 Å². The van der Waals surface area contributed by atoms with Crippen LogP contribution in [0.4, 0.5) is 4.39 Å². The summed E-state index contributed by atoms with van der Waals surface area (Å²) in [7, 11) is 1.24. The van der Waals surface area contributed by atoms with Gasteiger partial charge >= 0.3 is 5.97 Å². The van der Waals surface area contributed by atoms with Gasteiger partial charge in [-0.15, -0.1) is 0 Å². The third-order valence-electron chi connectivity index (χ3n) is 5.94. The fourth-order valence-corrected chi connectivity index (χ4v) is 4.71. The first-order valence-corrected chi connectivity index (χ1v) is 9.48. The topological polar surface area (TPSA) is 75.7 Å². The Balaban J connectivity index is 1.97. The molecule has 4 rings (SSSR count). The van der Waals surface area contributed by atoms with Crippen LogP contribution in [0, 0.1) is 17.7 Å². The van der Waals surface area contributed by atoms with E-state index < -0.39 is 47.0 Å². The minimum atomic E-state index is -1.59. The molecule has 2 aliphatic heterocycles. The number of hydrogen-bond donors (Lipinski definition) is 1. The maximum absolute atomic E-state index is 14.7. The van der Waals surface area contributed by atoms with Gasteiger partial charge in [0.05, 0.1) is 18.9 Å². The molecular formula is C22H21FN2O4. The Morgan fingerprint density at radius 3 is 2.38 bits per heavy atom. The fourth-order valence-electron chi connectivity index (χ4n) is 4.71. The number of hydrogen-bond acceptors (Lipinski definition) is 5. The van der Waals surface area contributed by atoms with Crippen LogP contribution in [-0.4, -0.2) is 36.3 Å². The van der Waals surface area contributed by atoms with Gasteiger partial charge in [-0.3, -0.25) is 19.8 Å². The number of nitrogens with one attached hydrogen (secondary N) is 1. The standard InChI is InChI=1S/C22H21FN2O4/c1-3-25-19(26)16-17(20(25)27)22(21(28)29-2,13-9-5-4-6-10-13)24-18(16)14-11-7-8-12-15(14)23/h4-12,16-18,24H,3H2,1-2H3/t16-,17+,18+,22-/m1/s1. The molecule has 0 aromatic heterocycles. The van der Waals surface area contributed by atoms with Crippen LogP contribution >= 0.6 is 0 Å². The van der Waals surface area contributed by atoms with E-state index in [1.807, 2.05) is 0 Å². The number of amides is 2. The molecule has 29 heavy (non-hydrogen) atoms. The summed E-state index contributed by atoms with van der Waals surface area (Å²) in [6.45, 7) is 1.88. The summed E-state index contributed by atoms with van der Waals surface area (Å²) in [4.78, 5) is 40.7. The lowest BCUT2D eigenvalue weighted by Gasteiger charge is -2.32. The molecule has 2 aromatic carbocycles. The zero-order valence-corrected chi connectivity index (χ0v) is 16.1. The zero-order chi connectivity index (χ0) is 20.8. The molecule has 0 bridgehead atoms. The number of methoxy groups -OCH3 is 1. The third kappa shape index (κ3) is 2.61. The molecule has 2 amide bonds. The predicted molar refractivity (Wildman–Crippen MR) is 102 cm³/mol. The van der Waals surface area contributed by atoms with Crippen molar-refractivity contribution in [1.29, 1.82) is 0 Å². The monoisotopic (exact) mass is 396 g/mol. The van der Waals surface area contributed by atoms with Gasteiger partial charge in [0, 0.05) is 18.2 Å². The van der Waals surface area contributed by atoms with E-state index in [9.17, 15) is 18.8 Å².